The van der Waals surface area contributed by atoms with Gasteiger partial charge in [0.25, 0.3) is 0 Å². The van der Waals surface area contributed by atoms with Gasteiger partial charge in [-0.3, -0.25) is 0 Å². The van der Waals surface area contributed by atoms with Crippen LogP contribution in [0.5, 0.6) is 0 Å². The Bertz CT molecular complexity index is 376. The second-order valence-electron chi connectivity index (χ2n) is 4.12. The lowest BCUT2D eigenvalue weighted by atomic mass is 10.4. The fourth-order valence-electron chi connectivity index (χ4n) is 1.72. The maximum Gasteiger partial charge on any atom is 0.191 e. The molecule has 0 unspecified atom stereocenters. The molecule has 0 aliphatic heterocycles. The van der Waals surface area contributed by atoms with Gasteiger partial charge in [-0.15, -0.1) is 0 Å². The van der Waals surface area contributed by atoms with Gasteiger partial charge in [0.05, 0.1) is 13.2 Å². The molecule has 0 saturated carbocycles. The summed E-state index contributed by atoms with van der Waals surface area (Å²) in [5.74, 6) is 6.89. The number of nitrogens with two attached hydrogens (primary N) is 1. The molecule has 0 atom stereocenters. The molecule has 0 amide bonds. The average molecular weight is 315 g/mol. The SMILES string of the molecule is CCOCCN(CCOCC)c1cc(NN)nc(SC)n1. The normalized spacial score (nSPS) is 10.7. The van der Waals surface area contributed by atoms with Gasteiger partial charge in [-0.25, -0.2) is 15.8 Å². The second kappa shape index (κ2) is 10.6. The van der Waals surface area contributed by atoms with Gasteiger partial charge in [0.1, 0.15) is 11.6 Å². The number of ether oxygens (including phenoxy) is 2. The first-order valence-electron chi connectivity index (χ1n) is 7.05. The highest BCUT2D eigenvalue weighted by Gasteiger charge is 2.11. The number of nitrogen functional groups attached to an aromatic ring is 1. The number of hydrazine groups is 1. The Hall–Kier alpha value is -1.09. The molecule has 0 radical (unpaired) electrons. The van der Waals surface area contributed by atoms with Gasteiger partial charge >= 0.3 is 0 Å². The highest BCUT2D eigenvalue weighted by atomic mass is 32.2. The first-order valence-corrected chi connectivity index (χ1v) is 8.27. The van der Waals surface area contributed by atoms with Crippen LogP contribution >= 0.6 is 11.8 Å². The van der Waals surface area contributed by atoms with E-state index in [0.717, 1.165) is 18.9 Å². The van der Waals surface area contributed by atoms with Crippen LogP contribution in [0.2, 0.25) is 0 Å². The highest BCUT2D eigenvalue weighted by Crippen LogP contribution is 2.19. The van der Waals surface area contributed by atoms with Crippen LogP contribution in [0.1, 0.15) is 13.8 Å². The van der Waals surface area contributed by atoms with Gasteiger partial charge in [0.15, 0.2) is 5.16 Å². The number of anilines is 2. The maximum absolute atomic E-state index is 5.47. The molecule has 120 valence electrons. The van der Waals surface area contributed by atoms with E-state index in [0.29, 0.717) is 37.4 Å². The number of rotatable bonds is 11. The maximum atomic E-state index is 5.47. The summed E-state index contributed by atoms with van der Waals surface area (Å²) in [4.78, 5) is 10.9. The second-order valence-corrected chi connectivity index (χ2v) is 4.90. The van der Waals surface area contributed by atoms with E-state index in [-0.39, 0.29) is 0 Å². The standard InChI is InChI=1S/C13H25N5O2S/c1-4-19-8-6-18(7-9-20-5-2)12-10-11(17-14)15-13(16-12)21-3/h10H,4-9,14H2,1-3H3,(H,15,16,17). The van der Waals surface area contributed by atoms with E-state index in [1.807, 2.05) is 26.2 Å². The Labute approximate surface area is 130 Å². The number of nitrogens with zero attached hydrogens (tertiary/aromatic N) is 3. The zero-order valence-corrected chi connectivity index (χ0v) is 13.8. The third kappa shape index (κ3) is 6.47. The van der Waals surface area contributed by atoms with Crippen LogP contribution in [0.3, 0.4) is 0 Å². The van der Waals surface area contributed by atoms with E-state index in [1.54, 1.807) is 0 Å². The molecule has 0 saturated heterocycles. The third-order valence-electron chi connectivity index (χ3n) is 2.77. The lowest BCUT2D eigenvalue weighted by Crippen LogP contribution is -2.32. The van der Waals surface area contributed by atoms with E-state index < -0.39 is 0 Å². The van der Waals surface area contributed by atoms with Crippen molar-refractivity contribution < 1.29 is 9.47 Å². The third-order valence-corrected chi connectivity index (χ3v) is 3.31. The van der Waals surface area contributed by atoms with E-state index in [9.17, 15) is 0 Å². The Morgan fingerprint density at radius 2 is 1.81 bits per heavy atom. The number of nitrogens with one attached hydrogen (secondary N) is 1. The van der Waals surface area contributed by atoms with Crippen LogP contribution in [0.25, 0.3) is 0 Å². The number of aromatic nitrogens is 2. The largest absolute Gasteiger partial charge is 0.380 e. The van der Waals surface area contributed by atoms with Crippen molar-refractivity contribution in [2.45, 2.75) is 19.0 Å². The first-order chi connectivity index (χ1) is 10.2. The van der Waals surface area contributed by atoms with Gasteiger partial charge in [0.2, 0.25) is 0 Å². The van der Waals surface area contributed by atoms with Crippen LogP contribution in [0.4, 0.5) is 11.6 Å². The van der Waals surface area contributed by atoms with Crippen LogP contribution in [0.15, 0.2) is 11.2 Å². The molecule has 1 aromatic heterocycles. The zero-order valence-electron chi connectivity index (χ0n) is 13.0. The van der Waals surface area contributed by atoms with Crippen molar-refractivity contribution in [2.24, 2.45) is 5.84 Å². The summed E-state index contributed by atoms with van der Waals surface area (Å²) in [6.07, 6.45) is 1.93. The number of hydrogen-bond acceptors (Lipinski definition) is 8. The van der Waals surface area contributed by atoms with E-state index >= 15 is 0 Å². The quantitative estimate of drug-likeness (QED) is 0.208. The summed E-state index contributed by atoms with van der Waals surface area (Å²) in [5.41, 5.74) is 2.58. The molecule has 0 fully saturated rings. The van der Waals surface area contributed by atoms with Gasteiger partial charge in [0, 0.05) is 32.4 Å². The van der Waals surface area contributed by atoms with Gasteiger partial charge in [-0.2, -0.15) is 0 Å². The highest BCUT2D eigenvalue weighted by molar-refractivity contribution is 7.98. The summed E-state index contributed by atoms with van der Waals surface area (Å²) in [6, 6.07) is 1.83. The first kappa shape index (κ1) is 18.0. The van der Waals surface area contributed by atoms with Crippen molar-refractivity contribution >= 4 is 23.4 Å². The van der Waals surface area contributed by atoms with Gasteiger partial charge < -0.3 is 19.8 Å². The topological polar surface area (TPSA) is 85.5 Å². The predicted molar refractivity (Wildman–Crippen MR) is 86.8 cm³/mol. The zero-order chi connectivity index (χ0) is 15.5. The molecule has 0 aliphatic carbocycles. The fraction of sp³-hybridized carbons (Fsp3) is 0.692. The van der Waals surface area contributed by atoms with E-state index in [1.165, 1.54) is 11.8 Å². The van der Waals surface area contributed by atoms with Crippen LogP contribution in [-0.2, 0) is 9.47 Å². The molecule has 0 aliphatic rings. The minimum atomic E-state index is 0.599. The van der Waals surface area contributed by atoms with Crippen LogP contribution in [0, 0.1) is 0 Å². The molecule has 0 bridgehead atoms. The lowest BCUT2D eigenvalue weighted by Gasteiger charge is -2.24. The van der Waals surface area contributed by atoms with E-state index in [4.69, 9.17) is 15.3 Å². The molecular formula is C13H25N5O2S. The van der Waals surface area contributed by atoms with Crippen molar-refractivity contribution in [1.29, 1.82) is 0 Å². The average Bonchev–Trinajstić information content (AvgIpc) is 2.53. The van der Waals surface area contributed by atoms with Crippen molar-refractivity contribution in [2.75, 3.05) is 56.1 Å². The Kier molecular flexibility index (Phi) is 9.07. The summed E-state index contributed by atoms with van der Waals surface area (Å²) in [6.45, 7) is 8.16. The predicted octanol–water partition coefficient (Wildman–Crippen LogP) is 1.36. The molecule has 3 N–H and O–H groups in total. The van der Waals surface area contributed by atoms with Crippen molar-refractivity contribution in [3.8, 4) is 0 Å². The molecule has 1 heterocycles. The van der Waals surface area contributed by atoms with Crippen molar-refractivity contribution in [3.05, 3.63) is 6.07 Å². The lowest BCUT2D eigenvalue weighted by molar-refractivity contribution is 0.141. The van der Waals surface area contributed by atoms with Crippen LogP contribution in [-0.4, -0.2) is 55.7 Å². The fourth-order valence-corrected chi connectivity index (χ4v) is 2.09. The molecule has 7 nitrogen and oxygen atoms in total. The molecule has 1 aromatic rings. The monoisotopic (exact) mass is 315 g/mol. The van der Waals surface area contributed by atoms with Crippen molar-refractivity contribution in [3.63, 3.8) is 0 Å². The van der Waals surface area contributed by atoms with E-state index in [2.05, 4.69) is 20.3 Å². The minimum absolute atomic E-state index is 0.599. The molecule has 1 rings (SSSR count). The summed E-state index contributed by atoms with van der Waals surface area (Å²) < 4.78 is 10.9. The summed E-state index contributed by atoms with van der Waals surface area (Å²) in [7, 11) is 0. The molecule has 0 spiro atoms. The number of hydrogen-bond donors (Lipinski definition) is 2. The molecule has 0 aromatic carbocycles. The van der Waals surface area contributed by atoms with Gasteiger partial charge in [-0.05, 0) is 20.1 Å². The number of thioether (sulfide) groups is 1. The minimum Gasteiger partial charge on any atom is -0.380 e. The smallest absolute Gasteiger partial charge is 0.191 e. The summed E-state index contributed by atoms with van der Waals surface area (Å²) >= 11 is 1.48. The molecule has 21 heavy (non-hydrogen) atoms. The van der Waals surface area contributed by atoms with Gasteiger partial charge in [-0.1, -0.05) is 11.8 Å². The van der Waals surface area contributed by atoms with Crippen molar-refractivity contribution in [1.82, 2.24) is 9.97 Å². The Balaban J connectivity index is 2.83. The Morgan fingerprint density at radius 3 is 2.29 bits per heavy atom. The summed E-state index contributed by atoms with van der Waals surface area (Å²) in [5, 5.41) is 0.679. The Morgan fingerprint density at radius 1 is 1.19 bits per heavy atom. The van der Waals surface area contributed by atoms with Crippen LogP contribution < -0.4 is 16.2 Å². The molecular weight excluding hydrogens is 290 g/mol. The molecule has 8 heteroatoms.